The number of nitrogens with zero attached hydrogens (tertiary/aromatic N) is 2. The Morgan fingerprint density at radius 3 is 2.84 bits per heavy atom. The Bertz CT molecular complexity index is 587. The van der Waals surface area contributed by atoms with Crippen LogP contribution >= 0.6 is 38.5 Å². The third-order valence-electron chi connectivity index (χ3n) is 2.72. The molecule has 1 aromatic carbocycles. The highest BCUT2D eigenvalue weighted by molar-refractivity contribution is 14.1. The molecule has 0 aliphatic carbocycles. The first-order valence-electron chi connectivity index (χ1n) is 6.14. The van der Waals surface area contributed by atoms with Gasteiger partial charge in [0.05, 0.1) is 3.57 Å². The minimum atomic E-state index is 0.750. The molecular weight excluding hydrogens is 417 g/mol. The maximum atomic E-state index is 4.60. The van der Waals surface area contributed by atoms with E-state index >= 15 is 0 Å². The van der Waals surface area contributed by atoms with Crippen molar-refractivity contribution in [1.29, 1.82) is 0 Å². The topological polar surface area (TPSA) is 37.8 Å². The lowest BCUT2D eigenvalue weighted by Crippen LogP contribution is -2.05. The van der Waals surface area contributed by atoms with Gasteiger partial charge >= 0.3 is 0 Å². The molecule has 100 valence electrons. The summed E-state index contributed by atoms with van der Waals surface area (Å²) in [6, 6.07) is 6.17. The molecule has 0 saturated carbocycles. The largest absolute Gasteiger partial charge is 0.369 e. The van der Waals surface area contributed by atoms with Gasteiger partial charge in [-0.15, -0.1) is 0 Å². The second-order valence-electron chi connectivity index (χ2n) is 4.28. The monoisotopic (exact) mass is 431 g/mol. The zero-order valence-electron chi connectivity index (χ0n) is 10.9. The molecule has 0 atom stereocenters. The third-order valence-corrected chi connectivity index (χ3v) is 4.36. The van der Waals surface area contributed by atoms with Crippen molar-refractivity contribution in [1.82, 2.24) is 9.97 Å². The molecule has 0 amide bonds. The van der Waals surface area contributed by atoms with Crippen LogP contribution in [0.4, 0.5) is 5.82 Å². The van der Waals surface area contributed by atoms with Gasteiger partial charge in [0.2, 0.25) is 0 Å². The summed E-state index contributed by atoms with van der Waals surface area (Å²) in [5.41, 5.74) is 2.23. The molecule has 1 heterocycles. The Balaban J connectivity index is 2.36. The number of anilines is 1. The van der Waals surface area contributed by atoms with E-state index in [1.807, 2.05) is 12.3 Å². The van der Waals surface area contributed by atoms with E-state index in [9.17, 15) is 0 Å². The van der Waals surface area contributed by atoms with E-state index in [4.69, 9.17) is 0 Å². The predicted molar refractivity (Wildman–Crippen MR) is 91.4 cm³/mol. The van der Waals surface area contributed by atoms with Crippen molar-refractivity contribution in [3.8, 4) is 11.4 Å². The molecule has 0 aliphatic rings. The van der Waals surface area contributed by atoms with Crippen molar-refractivity contribution in [2.45, 2.75) is 20.3 Å². The average Bonchev–Trinajstić information content (AvgIpc) is 2.41. The van der Waals surface area contributed by atoms with Gasteiger partial charge in [-0.25, -0.2) is 9.97 Å². The van der Waals surface area contributed by atoms with Gasteiger partial charge < -0.3 is 5.32 Å². The van der Waals surface area contributed by atoms with Gasteiger partial charge in [0.15, 0.2) is 5.82 Å². The van der Waals surface area contributed by atoms with E-state index in [1.54, 1.807) is 0 Å². The number of aromatic nitrogens is 2. The van der Waals surface area contributed by atoms with Crippen molar-refractivity contribution in [2.75, 3.05) is 11.9 Å². The zero-order valence-corrected chi connectivity index (χ0v) is 14.6. The Morgan fingerprint density at radius 1 is 1.37 bits per heavy atom. The van der Waals surface area contributed by atoms with E-state index in [2.05, 4.69) is 79.8 Å². The highest BCUT2D eigenvalue weighted by atomic mass is 127. The molecule has 5 heteroatoms. The summed E-state index contributed by atoms with van der Waals surface area (Å²) in [7, 11) is 0. The Kier molecular flexibility index (Phi) is 5.15. The first-order chi connectivity index (χ1) is 9.11. The summed E-state index contributed by atoms with van der Waals surface area (Å²) in [5, 5.41) is 3.33. The molecule has 0 spiro atoms. The van der Waals surface area contributed by atoms with Crippen molar-refractivity contribution in [3.05, 3.63) is 38.0 Å². The second-order valence-corrected chi connectivity index (χ2v) is 6.30. The number of halogens is 2. The Labute approximate surface area is 135 Å². The molecule has 0 fully saturated rings. The molecule has 19 heavy (non-hydrogen) atoms. The van der Waals surface area contributed by atoms with Crippen molar-refractivity contribution < 1.29 is 0 Å². The maximum Gasteiger partial charge on any atom is 0.161 e. The average molecular weight is 432 g/mol. The van der Waals surface area contributed by atoms with Crippen LogP contribution in [0.5, 0.6) is 0 Å². The molecule has 0 bridgehead atoms. The molecule has 0 saturated heterocycles. The van der Waals surface area contributed by atoms with Crippen LogP contribution in [0.25, 0.3) is 11.4 Å². The fourth-order valence-corrected chi connectivity index (χ4v) is 2.43. The van der Waals surface area contributed by atoms with Gasteiger partial charge in [0.25, 0.3) is 0 Å². The number of aryl methyl sites for hydroxylation is 1. The van der Waals surface area contributed by atoms with Gasteiger partial charge in [0, 0.05) is 22.8 Å². The Morgan fingerprint density at radius 2 is 2.16 bits per heavy atom. The van der Waals surface area contributed by atoms with Gasteiger partial charge in [-0.2, -0.15) is 0 Å². The fourth-order valence-electron chi connectivity index (χ4n) is 1.61. The summed E-state index contributed by atoms with van der Waals surface area (Å²) in [6.45, 7) is 5.12. The second kappa shape index (κ2) is 6.65. The zero-order chi connectivity index (χ0) is 13.8. The Hall–Kier alpha value is -0.690. The highest BCUT2D eigenvalue weighted by Gasteiger charge is 2.07. The lowest BCUT2D eigenvalue weighted by molar-refractivity contribution is 0.963. The quantitative estimate of drug-likeness (QED) is 0.716. The van der Waals surface area contributed by atoms with Gasteiger partial charge in [-0.05, 0) is 47.6 Å². The van der Waals surface area contributed by atoms with Crippen LogP contribution in [-0.4, -0.2) is 16.5 Å². The number of hydrogen-bond acceptors (Lipinski definition) is 3. The third kappa shape index (κ3) is 3.66. The van der Waals surface area contributed by atoms with Crippen LogP contribution in [-0.2, 0) is 0 Å². The van der Waals surface area contributed by atoms with Crippen molar-refractivity contribution in [2.24, 2.45) is 0 Å². The van der Waals surface area contributed by atoms with Crippen molar-refractivity contribution in [3.63, 3.8) is 0 Å². The minimum absolute atomic E-state index is 0.750. The van der Waals surface area contributed by atoms with Crippen LogP contribution in [0.15, 0.2) is 28.9 Å². The number of nitrogens with one attached hydrogen (secondary N) is 1. The predicted octanol–water partition coefficient (Wildman–Crippen LogP) is 4.64. The van der Waals surface area contributed by atoms with E-state index in [0.29, 0.717) is 0 Å². The molecule has 2 rings (SSSR count). The molecule has 1 aromatic heterocycles. The first-order valence-corrected chi connectivity index (χ1v) is 8.02. The summed E-state index contributed by atoms with van der Waals surface area (Å²) in [6.07, 6.45) is 2.93. The van der Waals surface area contributed by atoms with Gasteiger partial charge in [-0.3, -0.25) is 0 Å². The summed E-state index contributed by atoms with van der Waals surface area (Å²) in [5.74, 6) is 1.66. The number of benzene rings is 1. The van der Waals surface area contributed by atoms with Crippen molar-refractivity contribution >= 4 is 44.3 Å². The van der Waals surface area contributed by atoms with E-state index in [-0.39, 0.29) is 0 Å². The minimum Gasteiger partial charge on any atom is -0.369 e. The van der Waals surface area contributed by atoms with Crippen LogP contribution in [0, 0.1) is 10.5 Å². The number of rotatable bonds is 4. The summed E-state index contributed by atoms with van der Waals surface area (Å²) < 4.78 is 2.12. The molecule has 0 unspecified atom stereocenters. The maximum absolute atomic E-state index is 4.60. The highest BCUT2D eigenvalue weighted by Crippen LogP contribution is 2.25. The van der Waals surface area contributed by atoms with E-state index in [1.165, 1.54) is 5.56 Å². The molecule has 2 aromatic rings. The smallest absolute Gasteiger partial charge is 0.161 e. The van der Waals surface area contributed by atoms with Crippen LogP contribution in [0.1, 0.15) is 18.9 Å². The normalized spacial score (nSPS) is 10.5. The summed E-state index contributed by atoms with van der Waals surface area (Å²) >= 11 is 5.80. The van der Waals surface area contributed by atoms with E-state index in [0.717, 1.165) is 38.2 Å². The van der Waals surface area contributed by atoms with Crippen LogP contribution in [0.2, 0.25) is 0 Å². The summed E-state index contributed by atoms with van der Waals surface area (Å²) in [4.78, 5) is 9.01. The SMILES string of the molecule is CCCNc1nc(-c2ccc(C)c(Br)c2)ncc1I. The molecule has 1 N–H and O–H groups in total. The molecule has 3 nitrogen and oxygen atoms in total. The number of hydrogen-bond donors (Lipinski definition) is 1. The molecule has 0 aliphatic heterocycles. The van der Waals surface area contributed by atoms with Crippen LogP contribution in [0.3, 0.4) is 0 Å². The van der Waals surface area contributed by atoms with Gasteiger partial charge in [-0.1, -0.05) is 35.0 Å². The van der Waals surface area contributed by atoms with E-state index < -0.39 is 0 Å². The first kappa shape index (κ1) is 14.7. The lowest BCUT2D eigenvalue weighted by atomic mass is 10.1. The lowest BCUT2D eigenvalue weighted by Gasteiger charge is -2.09. The fraction of sp³-hybridized carbons (Fsp3) is 0.286. The van der Waals surface area contributed by atoms with Crippen LogP contribution < -0.4 is 5.32 Å². The van der Waals surface area contributed by atoms with Gasteiger partial charge in [0.1, 0.15) is 5.82 Å². The standard InChI is InChI=1S/C14H15BrIN3/c1-3-6-17-14-12(16)8-18-13(19-14)10-5-4-9(2)11(15)7-10/h4-5,7-8H,3,6H2,1-2H3,(H,17,18,19). The molecule has 0 radical (unpaired) electrons. The molecular formula is C14H15BrIN3.